The molecule has 0 aromatic heterocycles. The zero-order valence-electron chi connectivity index (χ0n) is 18.8. The molecule has 8 heteroatoms. The first-order valence-corrected chi connectivity index (χ1v) is 11.6. The van der Waals surface area contributed by atoms with Crippen molar-refractivity contribution in [2.45, 2.75) is 62.1 Å². The van der Waals surface area contributed by atoms with Crippen molar-refractivity contribution in [3.05, 3.63) is 29.8 Å². The Balaban J connectivity index is 1.29. The lowest BCUT2D eigenvalue weighted by Gasteiger charge is -2.41. The summed E-state index contributed by atoms with van der Waals surface area (Å²) in [7, 11) is 2.09. The number of morpholine rings is 1. The first-order chi connectivity index (χ1) is 15.5. The standard InChI is InChI=1S/C24H34N2O6/c1-26-12-11-24(16-30-15-22(27)25-24)21(26)14-32-18-8-6-17(7-9-18)19-4-2-3-5-20(19)31-13-10-23(28)29/h2-5,17-18,21H,6-16H2,1H3,(H,25,27)(H,28,29)/t17-,18+,21?,24?. The maximum atomic E-state index is 11.9. The van der Waals surface area contributed by atoms with E-state index in [-0.39, 0.29) is 43.2 Å². The van der Waals surface area contributed by atoms with E-state index < -0.39 is 5.97 Å². The van der Waals surface area contributed by atoms with E-state index in [1.807, 2.05) is 18.2 Å². The van der Waals surface area contributed by atoms with E-state index in [2.05, 4.69) is 23.3 Å². The van der Waals surface area contributed by atoms with Crippen molar-refractivity contribution >= 4 is 11.9 Å². The zero-order chi connectivity index (χ0) is 22.6. The maximum absolute atomic E-state index is 11.9. The summed E-state index contributed by atoms with van der Waals surface area (Å²) in [6.07, 6.45) is 5.05. The van der Waals surface area contributed by atoms with Gasteiger partial charge in [-0.3, -0.25) is 14.5 Å². The van der Waals surface area contributed by atoms with Gasteiger partial charge in [-0.05, 0) is 56.7 Å². The highest BCUT2D eigenvalue weighted by molar-refractivity contribution is 5.79. The molecule has 1 amide bonds. The van der Waals surface area contributed by atoms with Crippen LogP contribution in [0.5, 0.6) is 5.75 Å². The number of benzene rings is 1. The third kappa shape index (κ3) is 5.24. The second-order valence-electron chi connectivity index (χ2n) is 9.28. The monoisotopic (exact) mass is 446 g/mol. The van der Waals surface area contributed by atoms with Gasteiger partial charge in [0, 0.05) is 6.54 Å². The SMILES string of the molecule is CN1CCC2(COCC(=O)N2)C1CO[C@H]1CC[C@@H](c2ccccc2OCCC(=O)O)CC1. The summed E-state index contributed by atoms with van der Waals surface area (Å²) in [5, 5.41) is 12.0. The van der Waals surface area contributed by atoms with E-state index in [0.29, 0.717) is 19.1 Å². The molecule has 2 saturated heterocycles. The smallest absolute Gasteiger partial charge is 0.306 e. The minimum Gasteiger partial charge on any atom is -0.493 e. The highest BCUT2D eigenvalue weighted by atomic mass is 16.5. The van der Waals surface area contributed by atoms with Crippen molar-refractivity contribution in [1.29, 1.82) is 0 Å². The number of para-hydroxylation sites is 1. The predicted molar refractivity (Wildman–Crippen MR) is 118 cm³/mol. The van der Waals surface area contributed by atoms with Crippen molar-refractivity contribution in [3.63, 3.8) is 0 Å². The Hall–Kier alpha value is -2.16. The number of hydrogen-bond acceptors (Lipinski definition) is 6. The average molecular weight is 447 g/mol. The molecule has 2 N–H and O–H groups in total. The average Bonchev–Trinajstić information content (AvgIpc) is 3.07. The molecule has 176 valence electrons. The van der Waals surface area contributed by atoms with Gasteiger partial charge in [-0.2, -0.15) is 0 Å². The number of ether oxygens (including phenoxy) is 3. The molecular formula is C24H34N2O6. The van der Waals surface area contributed by atoms with Gasteiger partial charge < -0.3 is 24.6 Å². The number of nitrogens with one attached hydrogen (secondary N) is 1. The van der Waals surface area contributed by atoms with Crippen LogP contribution in [0.3, 0.4) is 0 Å². The maximum Gasteiger partial charge on any atom is 0.306 e. The molecule has 3 aliphatic rings. The highest BCUT2D eigenvalue weighted by Gasteiger charge is 2.49. The Morgan fingerprint density at radius 3 is 2.81 bits per heavy atom. The molecule has 1 aliphatic carbocycles. The minimum atomic E-state index is -0.853. The molecule has 0 radical (unpaired) electrons. The number of carbonyl (C=O) groups excluding carboxylic acids is 1. The van der Waals surface area contributed by atoms with Crippen LogP contribution in [-0.2, 0) is 19.1 Å². The Kier molecular flexibility index (Phi) is 7.33. The van der Waals surface area contributed by atoms with E-state index in [1.165, 1.54) is 0 Å². The van der Waals surface area contributed by atoms with Gasteiger partial charge in [0.15, 0.2) is 0 Å². The molecule has 1 saturated carbocycles. The van der Waals surface area contributed by atoms with Gasteiger partial charge in [0.1, 0.15) is 12.4 Å². The molecular weight excluding hydrogens is 412 g/mol. The van der Waals surface area contributed by atoms with Crippen molar-refractivity contribution < 1.29 is 28.9 Å². The first-order valence-electron chi connectivity index (χ1n) is 11.6. The summed E-state index contributed by atoms with van der Waals surface area (Å²) in [5.74, 6) is 0.290. The van der Waals surface area contributed by atoms with Crippen LogP contribution in [0, 0.1) is 0 Å². The van der Waals surface area contributed by atoms with Crippen LogP contribution in [0.15, 0.2) is 24.3 Å². The predicted octanol–water partition coefficient (Wildman–Crippen LogP) is 2.17. The topological polar surface area (TPSA) is 97.3 Å². The summed E-state index contributed by atoms with van der Waals surface area (Å²) in [4.78, 5) is 25.0. The van der Waals surface area contributed by atoms with Crippen molar-refractivity contribution in [2.75, 3.05) is 40.0 Å². The molecule has 32 heavy (non-hydrogen) atoms. The summed E-state index contributed by atoms with van der Waals surface area (Å²) < 4.78 is 17.7. The van der Waals surface area contributed by atoms with E-state index in [0.717, 1.165) is 50.0 Å². The number of aliphatic carboxylic acids is 1. The molecule has 4 rings (SSSR count). The molecule has 3 fully saturated rings. The van der Waals surface area contributed by atoms with Gasteiger partial charge in [0.25, 0.3) is 0 Å². The Morgan fingerprint density at radius 1 is 1.28 bits per heavy atom. The molecule has 1 spiro atoms. The quantitative estimate of drug-likeness (QED) is 0.632. The van der Waals surface area contributed by atoms with Crippen LogP contribution < -0.4 is 10.1 Å². The first kappa shape index (κ1) is 23.0. The van der Waals surface area contributed by atoms with Gasteiger partial charge in [0.2, 0.25) is 5.91 Å². The third-order valence-corrected chi connectivity index (χ3v) is 7.16. The second-order valence-corrected chi connectivity index (χ2v) is 9.28. The van der Waals surface area contributed by atoms with Crippen molar-refractivity contribution in [1.82, 2.24) is 10.2 Å². The second kappa shape index (κ2) is 10.2. The normalized spacial score (nSPS) is 30.9. The number of likely N-dealkylation sites (N-methyl/N-ethyl adjacent to an activating group) is 1. The summed E-state index contributed by atoms with van der Waals surface area (Å²) in [6, 6.07) is 8.07. The van der Waals surface area contributed by atoms with Gasteiger partial charge >= 0.3 is 5.97 Å². The van der Waals surface area contributed by atoms with Crippen LogP contribution in [0.1, 0.15) is 50.0 Å². The van der Waals surface area contributed by atoms with Gasteiger partial charge in [-0.1, -0.05) is 18.2 Å². The molecule has 8 nitrogen and oxygen atoms in total. The minimum absolute atomic E-state index is 0.00247. The van der Waals surface area contributed by atoms with Crippen LogP contribution in [-0.4, -0.2) is 79.6 Å². The molecule has 2 unspecified atom stereocenters. The van der Waals surface area contributed by atoms with Gasteiger partial charge in [0.05, 0.1) is 43.9 Å². The lowest BCUT2D eigenvalue weighted by Crippen LogP contribution is -2.64. The Bertz CT molecular complexity index is 805. The number of rotatable bonds is 8. The van der Waals surface area contributed by atoms with E-state index in [1.54, 1.807) is 0 Å². The van der Waals surface area contributed by atoms with Gasteiger partial charge in [-0.25, -0.2) is 0 Å². The molecule has 2 heterocycles. The van der Waals surface area contributed by atoms with Crippen LogP contribution >= 0.6 is 0 Å². The largest absolute Gasteiger partial charge is 0.493 e. The molecule has 1 aromatic rings. The lowest BCUT2D eigenvalue weighted by molar-refractivity contribution is -0.138. The van der Waals surface area contributed by atoms with Crippen LogP contribution in [0.4, 0.5) is 0 Å². The van der Waals surface area contributed by atoms with Crippen LogP contribution in [0.2, 0.25) is 0 Å². The molecule has 0 bridgehead atoms. The molecule has 1 aromatic carbocycles. The number of carboxylic acid groups (broad SMARTS) is 1. The lowest BCUT2D eigenvalue weighted by atomic mass is 9.82. The number of amides is 1. The fourth-order valence-corrected chi connectivity index (χ4v) is 5.36. The van der Waals surface area contributed by atoms with E-state index in [9.17, 15) is 9.59 Å². The van der Waals surface area contributed by atoms with Gasteiger partial charge in [-0.15, -0.1) is 0 Å². The van der Waals surface area contributed by atoms with Crippen molar-refractivity contribution in [3.8, 4) is 5.75 Å². The number of nitrogens with zero attached hydrogens (tertiary/aromatic N) is 1. The summed E-state index contributed by atoms with van der Waals surface area (Å²) in [5.41, 5.74) is 0.820. The number of carbonyl (C=O) groups is 2. The van der Waals surface area contributed by atoms with Crippen LogP contribution in [0.25, 0.3) is 0 Å². The zero-order valence-corrected chi connectivity index (χ0v) is 18.8. The number of hydrogen-bond donors (Lipinski definition) is 2. The summed E-state index contributed by atoms with van der Waals surface area (Å²) in [6.45, 7) is 2.38. The Morgan fingerprint density at radius 2 is 2.06 bits per heavy atom. The Labute approximate surface area is 189 Å². The third-order valence-electron chi connectivity index (χ3n) is 7.16. The summed E-state index contributed by atoms with van der Waals surface area (Å²) >= 11 is 0. The fraction of sp³-hybridized carbons (Fsp3) is 0.667. The molecule has 2 aliphatic heterocycles. The number of carboxylic acids is 1. The number of likely N-dealkylation sites (tertiary alicyclic amines) is 1. The van der Waals surface area contributed by atoms with E-state index >= 15 is 0 Å². The fourth-order valence-electron chi connectivity index (χ4n) is 5.36. The van der Waals surface area contributed by atoms with Crippen molar-refractivity contribution in [2.24, 2.45) is 0 Å². The molecule has 2 atom stereocenters. The highest BCUT2D eigenvalue weighted by Crippen LogP contribution is 2.39. The van der Waals surface area contributed by atoms with E-state index in [4.69, 9.17) is 19.3 Å².